The van der Waals surface area contributed by atoms with Crippen LogP contribution in [0, 0.1) is 0 Å². The van der Waals surface area contributed by atoms with Crippen LogP contribution >= 0.6 is 12.4 Å². The average Bonchev–Trinajstić information content (AvgIpc) is 3.06. The van der Waals surface area contributed by atoms with Crippen LogP contribution in [0.15, 0.2) is 48.5 Å². The fourth-order valence-electron chi connectivity index (χ4n) is 3.00. The first-order valence-corrected chi connectivity index (χ1v) is 9.10. The first-order chi connectivity index (χ1) is 13.5. The second kappa shape index (κ2) is 10.2. The summed E-state index contributed by atoms with van der Waals surface area (Å²) in [6.45, 7) is 0.842. The zero-order valence-electron chi connectivity index (χ0n) is 15.8. The standard InChI is InChI=1S/C21H23N3O4.ClH/c22-10-15-5-7-17(8-6-15)21(28)23-11-16-3-1-14(2-4-16)9-20(27)24-12-18(25)19(26)13-24;/h1-8,18,25H,9-13,22H2,(H,23,28);1H. The van der Waals surface area contributed by atoms with E-state index < -0.39 is 6.10 Å². The highest BCUT2D eigenvalue weighted by Gasteiger charge is 2.31. The maximum atomic E-state index is 12.2. The maximum Gasteiger partial charge on any atom is 0.251 e. The van der Waals surface area contributed by atoms with Crippen molar-refractivity contribution in [3.63, 3.8) is 0 Å². The van der Waals surface area contributed by atoms with Gasteiger partial charge in [0.25, 0.3) is 5.91 Å². The molecule has 1 fully saturated rings. The number of hydrogen-bond acceptors (Lipinski definition) is 5. The van der Waals surface area contributed by atoms with Crippen LogP contribution in [-0.4, -0.2) is 46.8 Å². The van der Waals surface area contributed by atoms with Crippen LogP contribution in [0.3, 0.4) is 0 Å². The number of hydrogen-bond donors (Lipinski definition) is 3. The summed E-state index contributed by atoms with van der Waals surface area (Å²) in [5.74, 6) is -0.677. The lowest BCUT2D eigenvalue weighted by atomic mass is 10.1. The highest BCUT2D eigenvalue weighted by Crippen LogP contribution is 2.11. The van der Waals surface area contributed by atoms with E-state index in [1.54, 1.807) is 12.1 Å². The molecule has 154 valence electrons. The average molecular weight is 418 g/mol. The number of aliphatic hydroxyl groups excluding tert-OH is 1. The molecule has 4 N–H and O–H groups in total. The van der Waals surface area contributed by atoms with Crippen molar-refractivity contribution in [2.75, 3.05) is 13.1 Å². The summed E-state index contributed by atoms with van der Waals surface area (Å²) in [6.07, 6.45) is -0.901. The van der Waals surface area contributed by atoms with Crippen molar-refractivity contribution >= 4 is 30.0 Å². The molecule has 0 spiro atoms. The van der Waals surface area contributed by atoms with Gasteiger partial charge in [-0.1, -0.05) is 36.4 Å². The van der Waals surface area contributed by atoms with Gasteiger partial charge in [0.1, 0.15) is 6.10 Å². The lowest BCUT2D eigenvalue weighted by Crippen LogP contribution is -2.31. The molecule has 1 atom stereocenters. The smallest absolute Gasteiger partial charge is 0.251 e. The Morgan fingerprint density at radius 3 is 2.17 bits per heavy atom. The summed E-state index contributed by atoms with van der Waals surface area (Å²) in [4.78, 5) is 37.1. The van der Waals surface area contributed by atoms with Gasteiger partial charge in [0.05, 0.1) is 19.5 Å². The molecule has 0 bridgehead atoms. The van der Waals surface area contributed by atoms with Crippen LogP contribution in [0.2, 0.25) is 0 Å². The molecule has 2 aromatic rings. The minimum absolute atomic E-state index is 0. The van der Waals surface area contributed by atoms with E-state index in [0.717, 1.165) is 16.7 Å². The number of carbonyl (C=O) groups excluding carboxylic acids is 3. The van der Waals surface area contributed by atoms with Gasteiger partial charge in [-0.2, -0.15) is 0 Å². The highest BCUT2D eigenvalue weighted by atomic mass is 35.5. The lowest BCUT2D eigenvalue weighted by Gasteiger charge is -2.14. The normalized spacial score (nSPS) is 15.7. The van der Waals surface area contributed by atoms with Gasteiger partial charge in [0, 0.05) is 18.7 Å². The second-order valence-electron chi connectivity index (χ2n) is 6.83. The molecule has 0 radical (unpaired) electrons. The Kier molecular flexibility index (Phi) is 7.90. The van der Waals surface area contributed by atoms with Crippen LogP contribution in [0.1, 0.15) is 27.0 Å². The van der Waals surface area contributed by atoms with E-state index in [-0.39, 0.29) is 49.5 Å². The molecule has 2 amide bonds. The quantitative estimate of drug-likeness (QED) is 0.643. The Hall–Kier alpha value is -2.74. The Labute approximate surface area is 175 Å². The third kappa shape index (κ3) is 5.87. The fraction of sp³-hybridized carbons (Fsp3) is 0.286. The summed E-state index contributed by atoms with van der Waals surface area (Å²) in [6, 6.07) is 14.5. The largest absolute Gasteiger partial charge is 0.383 e. The topological polar surface area (TPSA) is 113 Å². The number of Topliss-reactive ketones (excluding diaryl/α,β-unsaturated/α-hetero) is 1. The van der Waals surface area contributed by atoms with Gasteiger partial charge in [-0.3, -0.25) is 14.4 Å². The maximum absolute atomic E-state index is 12.2. The highest BCUT2D eigenvalue weighted by molar-refractivity contribution is 5.94. The summed E-state index contributed by atoms with van der Waals surface area (Å²) >= 11 is 0. The van der Waals surface area contributed by atoms with Gasteiger partial charge in [0.2, 0.25) is 5.91 Å². The molecule has 1 unspecified atom stereocenters. The van der Waals surface area contributed by atoms with Crippen molar-refractivity contribution < 1.29 is 19.5 Å². The Balaban J connectivity index is 0.00000300. The Morgan fingerprint density at radius 1 is 1.03 bits per heavy atom. The predicted octanol–water partition coefficient (Wildman–Crippen LogP) is 0.812. The molecule has 1 aliphatic heterocycles. The first-order valence-electron chi connectivity index (χ1n) is 9.10. The van der Waals surface area contributed by atoms with E-state index in [9.17, 15) is 19.5 Å². The third-order valence-corrected chi connectivity index (χ3v) is 4.75. The molecular weight excluding hydrogens is 394 g/mol. The summed E-state index contributed by atoms with van der Waals surface area (Å²) in [7, 11) is 0. The number of nitrogens with two attached hydrogens (primary N) is 1. The van der Waals surface area contributed by atoms with Crippen LogP contribution in [-0.2, 0) is 29.1 Å². The zero-order chi connectivity index (χ0) is 20.1. The van der Waals surface area contributed by atoms with Crippen molar-refractivity contribution in [3.05, 3.63) is 70.8 Å². The number of benzene rings is 2. The number of nitrogens with zero attached hydrogens (tertiary/aromatic N) is 1. The Bertz CT molecular complexity index is 868. The second-order valence-corrected chi connectivity index (χ2v) is 6.83. The molecule has 1 aliphatic rings. The number of halogens is 1. The zero-order valence-corrected chi connectivity index (χ0v) is 16.7. The lowest BCUT2D eigenvalue weighted by molar-refractivity contribution is -0.131. The number of β-amino-alcohol motifs (C(OH)–C–C–N with tert-alkyl or cyclic N) is 1. The van der Waals surface area contributed by atoms with Crippen LogP contribution in [0.25, 0.3) is 0 Å². The molecule has 7 nitrogen and oxygen atoms in total. The van der Waals surface area contributed by atoms with Gasteiger partial charge < -0.3 is 21.1 Å². The van der Waals surface area contributed by atoms with Crippen LogP contribution in [0.4, 0.5) is 0 Å². The van der Waals surface area contributed by atoms with E-state index >= 15 is 0 Å². The van der Waals surface area contributed by atoms with Crippen molar-refractivity contribution in [2.24, 2.45) is 5.73 Å². The number of ketones is 1. The summed E-state index contributed by atoms with van der Waals surface area (Å²) < 4.78 is 0. The molecule has 29 heavy (non-hydrogen) atoms. The molecule has 1 saturated heterocycles. The number of amides is 2. The van der Waals surface area contributed by atoms with E-state index in [1.807, 2.05) is 36.4 Å². The van der Waals surface area contributed by atoms with Crippen molar-refractivity contribution in [1.29, 1.82) is 0 Å². The molecular formula is C21H24ClN3O4. The summed E-state index contributed by atoms with van der Waals surface area (Å²) in [5.41, 5.74) is 8.81. The van der Waals surface area contributed by atoms with Crippen molar-refractivity contribution in [2.45, 2.75) is 25.6 Å². The number of carbonyl (C=O) groups is 3. The Morgan fingerprint density at radius 2 is 1.62 bits per heavy atom. The van der Waals surface area contributed by atoms with Gasteiger partial charge in [-0.25, -0.2) is 0 Å². The van der Waals surface area contributed by atoms with Gasteiger partial charge >= 0.3 is 0 Å². The van der Waals surface area contributed by atoms with E-state index in [1.165, 1.54) is 4.90 Å². The minimum Gasteiger partial charge on any atom is -0.383 e. The number of likely N-dealkylation sites (tertiary alicyclic amines) is 1. The third-order valence-electron chi connectivity index (χ3n) is 4.75. The molecule has 8 heteroatoms. The molecule has 2 aromatic carbocycles. The van der Waals surface area contributed by atoms with Crippen molar-refractivity contribution in [3.8, 4) is 0 Å². The van der Waals surface area contributed by atoms with Crippen LogP contribution < -0.4 is 11.1 Å². The summed E-state index contributed by atoms with van der Waals surface area (Å²) in [5, 5.41) is 12.3. The minimum atomic E-state index is -1.07. The number of rotatable bonds is 6. The van der Waals surface area contributed by atoms with Crippen LogP contribution in [0.5, 0.6) is 0 Å². The van der Waals surface area contributed by atoms with Gasteiger partial charge in [0.15, 0.2) is 5.78 Å². The van der Waals surface area contributed by atoms with Crippen molar-refractivity contribution in [1.82, 2.24) is 10.2 Å². The molecule has 0 saturated carbocycles. The van der Waals surface area contributed by atoms with E-state index in [2.05, 4.69) is 5.32 Å². The predicted molar refractivity (Wildman–Crippen MR) is 110 cm³/mol. The van der Waals surface area contributed by atoms with Gasteiger partial charge in [-0.05, 0) is 28.8 Å². The molecule has 3 rings (SSSR count). The monoisotopic (exact) mass is 417 g/mol. The fourth-order valence-corrected chi connectivity index (χ4v) is 3.00. The number of nitrogens with one attached hydrogen (secondary N) is 1. The molecule has 1 heterocycles. The van der Waals surface area contributed by atoms with E-state index in [0.29, 0.717) is 18.7 Å². The van der Waals surface area contributed by atoms with Gasteiger partial charge in [-0.15, -0.1) is 12.4 Å². The molecule has 0 aliphatic carbocycles. The SMILES string of the molecule is Cl.NCc1ccc(C(=O)NCc2ccc(CC(=O)N3CC(=O)C(O)C3)cc2)cc1. The molecule has 0 aromatic heterocycles. The first kappa shape index (κ1) is 22.5. The van der Waals surface area contributed by atoms with E-state index in [4.69, 9.17) is 5.73 Å². The number of aliphatic hydroxyl groups is 1.